The van der Waals surface area contributed by atoms with E-state index in [1.54, 1.807) is 23.9 Å². The highest BCUT2D eigenvalue weighted by atomic mass is 79.9. The molecule has 0 spiro atoms. The van der Waals surface area contributed by atoms with Gasteiger partial charge < -0.3 is 4.74 Å². The Morgan fingerprint density at radius 2 is 1.50 bits per heavy atom. The van der Waals surface area contributed by atoms with Crippen molar-refractivity contribution in [1.29, 1.82) is 0 Å². The summed E-state index contributed by atoms with van der Waals surface area (Å²) in [7, 11) is -2.13. The highest BCUT2D eigenvalue weighted by Crippen LogP contribution is 2.30. The normalized spacial score (nSPS) is 11.4. The minimum Gasteiger partial charge on any atom is -0.497 e. The van der Waals surface area contributed by atoms with Gasteiger partial charge in [0.05, 0.1) is 29.1 Å². The fourth-order valence-electron chi connectivity index (χ4n) is 3.08. The van der Waals surface area contributed by atoms with E-state index in [-0.39, 0.29) is 4.90 Å². The Balaban J connectivity index is 1.84. The second-order valence-corrected chi connectivity index (χ2v) is 9.08. The topological polar surface area (TPSA) is 87.2 Å². The van der Waals surface area contributed by atoms with Gasteiger partial charge >= 0.3 is 0 Å². The van der Waals surface area contributed by atoms with Gasteiger partial charge in [0.25, 0.3) is 0 Å². The first kappa shape index (κ1) is 20.3. The number of nitrogens with two attached hydrogens (primary N) is 1. The molecule has 4 rings (SSSR count). The Hall–Kier alpha value is -2.94. The standard InChI is InChI=1S/C22H18BrN3O3S/c1-29-19-10-4-15(5-11-19)21-14-22(16-2-6-17(23)7-3-16)26(25-21)18-8-12-20(13-9-18)30(24,27)28/h2-14H,1H3,(H2,24,27,28). The number of aromatic nitrogens is 2. The maximum atomic E-state index is 11.6. The van der Waals surface area contributed by atoms with E-state index in [2.05, 4.69) is 15.9 Å². The number of primary sulfonamides is 1. The van der Waals surface area contributed by atoms with Crippen molar-refractivity contribution in [2.45, 2.75) is 4.90 Å². The number of rotatable bonds is 5. The molecular weight excluding hydrogens is 466 g/mol. The first-order chi connectivity index (χ1) is 14.3. The van der Waals surface area contributed by atoms with Gasteiger partial charge in [-0.3, -0.25) is 0 Å². The summed E-state index contributed by atoms with van der Waals surface area (Å²) in [6, 6.07) is 23.9. The van der Waals surface area contributed by atoms with Crippen LogP contribution in [0.1, 0.15) is 0 Å². The van der Waals surface area contributed by atoms with Gasteiger partial charge in [0.2, 0.25) is 10.0 Å². The van der Waals surface area contributed by atoms with Gasteiger partial charge in [0.1, 0.15) is 5.75 Å². The SMILES string of the molecule is COc1ccc(-c2cc(-c3ccc(Br)cc3)n(-c3ccc(S(N)(=O)=O)cc3)n2)cc1. The third kappa shape index (κ3) is 4.16. The van der Waals surface area contributed by atoms with Crippen LogP contribution in [0.25, 0.3) is 28.2 Å². The number of hydrogen-bond donors (Lipinski definition) is 1. The van der Waals surface area contributed by atoms with E-state index in [1.807, 2.05) is 54.6 Å². The molecule has 30 heavy (non-hydrogen) atoms. The maximum Gasteiger partial charge on any atom is 0.238 e. The number of benzene rings is 3. The molecule has 6 nitrogen and oxygen atoms in total. The van der Waals surface area contributed by atoms with Crippen molar-refractivity contribution < 1.29 is 13.2 Å². The van der Waals surface area contributed by atoms with Crippen molar-refractivity contribution >= 4 is 26.0 Å². The molecule has 0 radical (unpaired) electrons. The molecule has 4 aromatic rings. The van der Waals surface area contributed by atoms with Crippen molar-refractivity contribution in [3.8, 4) is 34.0 Å². The summed E-state index contributed by atoms with van der Waals surface area (Å²) in [6.45, 7) is 0. The van der Waals surface area contributed by atoms with Crippen molar-refractivity contribution in [2.75, 3.05) is 7.11 Å². The minimum atomic E-state index is -3.76. The molecule has 2 N–H and O–H groups in total. The molecule has 0 saturated heterocycles. The van der Waals surface area contributed by atoms with Gasteiger partial charge in [-0.1, -0.05) is 28.1 Å². The molecule has 3 aromatic carbocycles. The number of sulfonamides is 1. The summed E-state index contributed by atoms with van der Waals surface area (Å²) in [5, 5.41) is 10.00. The van der Waals surface area contributed by atoms with E-state index in [0.717, 1.165) is 38.4 Å². The maximum absolute atomic E-state index is 11.6. The number of hydrogen-bond acceptors (Lipinski definition) is 4. The van der Waals surface area contributed by atoms with Crippen LogP contribution in [0.5, 0.6) is 5.75 Å². The van der Waals surface area contributed by atoms with Gasteiger partial charge in [-0.05, 0) is 66.7 Å². The smallest absolute Gasteiger partial charge is 0.238 e. The summed E-state index contributed by atoms with van der Waals surface area (Å²) < 4.78 is 31.2. The average molecular weight is 484 g/mol. The van der Waals surface area contributed by atoms with E-state index in [9.17, 15) is 8.42 Å². The Kier molecular flexibility index (Phi) is 5.46. The second-order valence-electron chi connectivity index (χ2n) is 6.60. The van der Waals surface area contributed by atoms with Crippen LogP contribution in [0.4, 0.5) is 0 Å². The predicted molar refractivity (Wildman–Crippen MR) is 120 cm³/mol. The summed E-state index contributed by atoms with van der Waals surface area (Å²) >= 11 is 3.46. The average Bonchev–Trinajstić information content (AvgIpc) is 3.19. The molecule has 1 aromatic heterocycles. The molecular formula is C22H18BrN3O3S. The molecule has 0 fully saturated rings. The molecule has 0 aliphatic carbocycles. The Bertz CT molecular complexity index is 1280. The van der Waals surface area contributed by atoms with E-state index < -0.39 is 10.0 Å². The third-order valence-electron chi connectivity index (χ3n) is 4.64. The van der Waals surface area contributed by atoms with Gasteiger partial charge in [-0.15, -0.1) is 0 Å². The molecule has 0 aliphatic rings. The molecule has 0 bridgehead atoms. The lowest BCUT2D eigenvalue weighted by atomic mass is 10.1. The summed E-state index contributed by atoms with van der Waals surface area (Å²) in [6.07, 6.45) is 0. The summed E-state index contributed by atoms with van der Waals surface area (Å²) in [4.78, 5) is 0.0546. The summed E-state index contributed by atoms with van der Waals surface area (Å²) in [5.41, 5.74) is 4.29. The zero-order valence-electron chi connectivity index (χ0n) is 16.0. The highest BCUT2D eigenvalue weighted by molar-refractivity contribution is 9.10. The number of ether oxygens (including phenoxy) is 1. The van der Waals surface area contributed by atoms with Gasteiger partial charge in [0, 0.05) is 15.6 Å². The van der Waals surface area contributed by atoms with Gasteiger partial charge in [-0.25, -0.2) is 18.2 Å². The van der Waals surface area contributed by atoms with Crippen LogP contribution < -0.4 is 9.88 Å². The van der Waals surface area contributed by atoms with Crippen LogP contribution in [0.15, 0.2) is 88.2 Å². The monoisotopic (exact) mass is 483 g/mol. The summed E-state index contributed by atoms with van der Waals surface area (Å²) in [5.74, 6) is 0.768. The van der Waals surface area contributed by atoms with Crippen LogP contribution in [-0.4, -0.2) is 25.3 Å². The van der Waals surface area contributed by atoms with Crippen LogP contribution >= 0.6 is 15.9 Å². The van der Waals surface area contributed by atoms with Gasteiger partial charge in [-0.2, -0.15) is 5.10 Å². The van der Waals surface area contributed by atoms with E-state index in [0.29, 0.717) is 0 Å². The minimum absolute atomic E-state index is 0.0546. The van der Waals surface area contributed by atoms with Gasteiger partial charge in [0.15, 0.2) is 0 Å². The Labute approximate surface area is 183 Å². The number of methoxy groups -OCH3 is 1. The zero-order chi connectivity index (χ0) is 21.3. The first-order valence-electron chi connectivity index (χ1n) is 8.99. The van der Waals surface area contributed by atoms with E-state index in [1.165, 1.54) is 12.1 Å². The molecule has 8 heteroatoms. The Morgan fingerprint density at radius 1 is 0.900 bits per heavy atom. The fraction of sp³-hybridized carbons (Fsp3) is 0.0455. The fourth-order valence-corrected chi connectivity index (χ4v) is 3.86. The molecule has 0 atom stereocenters. The second kappa shape index (κ2) is 8.06. The van der Waals surface area contributed by atoms with Crippen molar-refractivity contribution in [1.82, 2.24) is 9.78 Å². The van der Waals surface area contributed by atoms with E-state index >= 15 is 0 Å². The number of nitrogens with zero attached hydrogens (tertiary/aromatic N) is 2. The lowest BCUT2D eigenvalue weighted by molar-refractivity contribution is 0.415. The van der Waals surface area contributed by atoms with E-state index in [4.69, 9.17) is 15.0 Å². The first-order valence-corrected chi connectivity index (χ1v) is 11.3. The quantitative estimate of drug-likeness (QED) is 0.448. The Morgan fingerprint density at radius 3 is 2.07 bits per heavy atom. The molecule has 0 saturated carbocycles. The molecule has 0 unspecified atom stereocenters. The highest BCUT2D eigenvalue weighted by Gasteiger charge is 2.15. The lowest BCUT2D eigenvalue weighted by Gasteiger charge is -2.08. The van der Waals surface area contributed by atoms with Crippen LogP contribution in [-0.2, 0) is 10.0 Å². The third-order valence-corrected chi connectivity index (χ3v) is 6.10. The molecule has 152 valence electrons. The van der Waals surface area contributed by atoms with Crippen molar-refractivity contribution in [3.63, 3.8) is 0 Å². The van der Waals surface area contributed by atoms with Crippen molar-refractivity contribution in [2.24, 2.45) is 5.14 Å². The lowest BCUT2D eigenvalue weighted by Crippen LogP contribution is -2.12. The predicted octanol–water partition coefficient (Wildman–Crippen LogP) is 4.62. The van der Waals surface area contributed by atoms with Crippen LogP contribution in [0.3, 0.4) is 0 Å². The molecule has 0 amide bonds. The molecule has 0 aliphatic heterocycles. The zero-order valence-corrected chi connectivity index (χ0v) is 18.4. The molecule has 1 heterocycles. The largest absolute Gasteiger partial charge is 0.497 e. The van der Waals surface area contributed by atoms with Crippen molar-refractivity contribution in [3.05, 3.63) is 83.3 Å². The van der Waals surface area contributed by atoms with Crippen LogP contribution in [0, 0.1) is 0 Å². The van der Waals surface area contributed by atoms with Crippen LogP contribution in [0.2, 0.25) is 0 Å². The number of halogens is 1.